The Bertz CT molecular complexity index is 1000. The summed E-state index contributed by atoms with van der Waals surface area (Å²) in [4.78, 5) is 2.32. The molecule has 1 heterocycles. The monoisotopic (exact) mass is 359 g/mol. The second-order valence-corrected chi connectivity index (χ2v) is 6.40. The summed E-state index contributed by atoms with van der Waals surface area (Å²) in [5.74, 6) is 0.880. The van der Waals surface area contributed by atoms with E-state index in [1.54, 1.807) is 0 Å². The van der Waals surface area contributed by atoms with Gasteiger partial charge in [-0.3, -0.25) is 0 Å². The maximum absolute atomic E-state index is 7.54. The van der Waals surface area contributed by atoms with E-state index in [1.807, 2.05) is 37.3 Å². The highest BCUT2D eigenvalue weighted by Gasteiger charge is 2.18. The van der Waals surface area contributed by atoms with Crippen molar-refractivity contribution in [1.82, 2.24) is 4.90 Å². The number of nitrogens with one attached hydrogen (secondary N) is 1. The average Bonchev–Trinajstić information content (AvgIpc) is 2.90. The summed E-state index contributed by atoms with van der Waals surface area (Å²) in [6, 6.07) is 14.1. The van der Waals surface area contributed by atoms with Crippen molar-refractivity contribution in [2.45, 2.75) is 13.5 Å². The normalized spacial score (nSPS) is 15.7. The summed E-state index contributed by atoms with van der Waals surface area (Å²) in [6.07, 6.45) is 6.91. The van der Waals surface area contributed by atoms with Gasteiger partial charge in [-0.2, -0.15) is 0 Å². The lowest BCUT2D eigenvalue weighted by Gasteiger charge is -2.24. The number of hydrogen-bond donors (Lipinski definition) is 2. The van der Waals surface area contributed by atoms with Crippen LogP contribution < -0.4 is 20.9 Å². The number of hydrogen-bond acceptors (Lipinski definition) is 4. The van der Waals surface area contributed by atoms with E-state index in [9.17, 15) is 0 Å². The zero-order valence-electron chi connectivity index (χ0n) is 15.6. The molecule has 0 bridgehead atoms. The fourth-order valence-corrected chi connectivity index (χ4v) is 3.30. The number of nitrogens with zero attached hydrogens (tertiary/aromatic N) is 1. The lowest BCUT2D eigenvalue weighted by atomic mass is 10.0. The van der Waals surface area contributed by atoms with E-state index in [1.165, 1.54) is 12.4 Å². The Hall–Kier alpha value is -3.27. The Kier molecular flexibility index (Phi) is 5.77. The number of nitrogens with two attached hydrogens (primary N) is 1. The molecular weight excluding hydrogens is 334 g/mol. The third kappa shape index (κ3) is 3.95. The highest BCUT2D eigenvalue weighted by molar-refractivity contribution is 6.08. The Morgan fingerprint density at radius 1 is 1.26 bits per heavy atom. The quantitative estimate of drug-likeness (QED) is 0.825. The number of ether oxygens (including phenoxy) is 1. The summed E-state index contributed by atoms with van der Waals surface area (Å²) < 4.78 is 5.97. The molecule has 3 rings (SSSR count). The predicted octanol–water partition coefficient (Wildman–Crippen LogP) is 2.62. The molecule has 2 aromatic rings. The first kappa shape index (κ1) is 18.5. The van der Waals surface area contributed by atoms with Crippen molar-refractivity contribution in [3.8, 4) is 5.75 Å². The van der Waals surface area contributed by atoms with Gasteiger partial charge in [0, 0.05) is 41.0 Å². The minimum absolute atomic E-state index is 0.608. The Balaban J connectivity index is 2.09. The van der Waals surface area contributed by atoms with Gasteiger partial charge in [-0.15, -0.1) is 0 Å². The van der Waals surface area contributed by atoms with Crippen LogP contribution in [0.3, 0.4) is 0 Å². The second-order valence-electron chi connectivity index (χ2n) is 6.40. The minimum Gasteiger partial charge on any atom is -0.491 e. The fourth-order valence-electron chi connectivity index (χ4n) is 3.30. The van der Waals surface area contributed by atoms with E-state index in [-0.39, 0.29) is 0 Å². The standard InChI is InChI=1S/C23H25N3O/c1-3-6-22(21-8-5-4-7-17(21)2)26-11-12-27-23-10-9-18(13-19(23)16-26)20(14-24)15-25/h3-10,13-15,24H,2,11-12,16,25H2,1H3/b6-3-,20-15+,22-21+,24-14?. The number of allylic oxidation sites excluding steroid dienone is 2. The third-order valence-corrected chi connectivity index (χ3v) is 4.67. The van der Waals surface area contributed by atoms with Gasteiger partial charge in [0.25, 0.3) is 0 Å². The van der Waals surface area contributed by atoms with Crippen molar-refractivity contribution in [2.24, 2.45) is 5.73 Å². The highest BCUT2D eigenvalue weighted by atomic mass is 16.5. The topological polar surface area (TPSA) is 62.3 Å². The van der Waals surface area contributed by atoms with Crippen molar-refractivity contribution in [3.05, 3.63) is 82.4 Å². The van der Waals surface area contributed by atoms with Crippen LogP contribution in [0.1, 0.15) is 18.1 Å². The molecule has 138 valence electrons. The summed E-state index contributed by atoms with van der Waals surface area (Å²) in [5.41, 5.74) is 9.47. The number of fused-ring (bicyclic) bond motifs is 1. The van der Waals surface area contributed by atoms with Gasteiger partial charge in [-0.1, -0.05) is 43.0 Å². The fraction of sp³-hybridized carbons (Fsp3) is 0.174. The van der Waals surface area contributed by atoms with Crippen molar-refractivity contribution < 1.29 is 4.74 Å². The van der Waals surface area contributed by atoms with Gasteiger partial charge in [0.2, 0.25) is 0 Å². The molecule has 4 nitrogen and oxygen atoms in total. The van der Waals surface area contributed by atoms with E-state index in [2.05, 4.69) is 35.8 Å². The van der Waals surface area contributed by atoms with Gasteiger partial charge in [-0.05, 0) is 35.9 Å². The van der Waals surface area contributed by atoms with E-state index in [0.717, 1.165) is 39.6 Å². The SMILES string of the molecule is C=c1cccc/c1=C(/C=C\C)N1CCOc2ccc(/C(C=N)=C/N)cc2C1. The van der Waals surface area contributed by atoms with Crippen LogP contribution in [0.2, 0.25) is 0 Å². The van der Waals surface area contributed by atoms with Crippen molar-refractivity contribution in [3.63, 3.8) is 0 Å². The summed E-state index contributed by atoms with van der Waals surface area (Å²) in [7, 11) is 0. The summed E-state index contributed by atoms with van der Waals surface area (Å²) in [6.45, 7) is 8.31. The van der Waals surface area contributed by atoms with Crippen LogP contribution in [0.4, 0.5) is 0 Å². The minimum atomic E-state index is 0.608. The zero-order valence-corrected chi connectivity index (χ0v) is 15.6. The average molecular weight is 359 g/mol. The first-order valence-corrected chi connectivity index (χ1v) is 9.02. The van der Waals surface area contributed by atoms with Gasteiger partial charge < -0.3 is 20.8 Å². The van der Waals surface area contributed by atoms with Gasteiger partial charge >= 0.3 is 0 Å². The second kappa shape index (κ2) is 8.41. The van der Waals surface area contributed by atoms with E-state index in [0.29, 0.717) is 18.7 Å². The van der Waals surface area contributed by atoms with Crippen LogP contribution >= 0.6 is 0 Å². The molecule has 0 spiro atoms. The van der Waals surface area contributed by atoms with E-state index < -0.39 is 0 Å². The molecule has 1 aliphatic heterocycles. The summed E-state index contributed by atoms with van der Waals surface area (Å²) in [5, 5.41) is 9.67. The van der Waals surface area contributed by atoms with Gasteiger partial charge in [0.05, 0.1) is 6.54 Å². The number of rotatable bonds is 4. The molecule has 1 aliphatic rings. The van der Waals surface area contributed by atoms with Crippen molar-refractivity contribution >= 4 is 24.1 Å². The molecule has 0 atom stereocenters. The van der Waals surface area contributed by atoms with Crippen LogP contribution in [-0.2, 0) is 6.54 Å². The van der Waals surface area contributed by atoms with Gasteiger partial charge in [-0.25, -0.2) is 0 Å². The third-order valence-electron chi connectivity index (χ3n) is 4.67. The predicted molar refractivity (Wildman–Crippen MR) is 113 cm³/mol. The molecule has 3 N–H and O–H groups in total. The Morgan fingerprint density at radius 2 is 2.07 bits per heavy atom. The van der Waals surface area contributed by atoms with Crippen molar-refractivity contribution in [1.29, 1.82) is 5.41 Å². The maximum Gasteiger partial charge on any atom is 0.124 e. The summed E-state index contributed by atoms with van der Waals surface area (Å²) >= 11 is 0. The lowest BCUT2D eigenvalue weighted by Crippen LogP contribution is -2.34. The van der Waals surface area contributed by atoms with E-state index >= 15 is 0 Å². The highest BCUT2D eigenvalue weighted by Crippen LogP contribution is 2.28. The molecule has 0 amide bonds. The Morgan fingerprint density at radius 3 is 2.78 bits per heavy atom. The molecule has 27 heavy (non-hydrogen) atoms. The van der Waals surface area contributed by atoms with Crippen LogP contribution in [0, 0.1) is 5.41 Å². The molecule has 0 saturated carbocycles. The molecule has 0 fully saturated rings. The first-order chi connectivity index (χ1) is 13.2. The maximum atomic E-state index is 7.54. The molecule has 0 saturated heterocycles. The smallest absolute Gasteiger partial charge is 0.124 e. The van der Waals surface area contributed by atoms with E-state index in [4.69, 9.17) is 15.9 Å². The van der Waals surface area contributed by atoms with Crippen molar-refractivity contribution in [2.75, 3.05) is 13.2 Å². The molecule has 0 aromatic heterocycles. The Labute approximate surface area is 160 Å². The molecule has 2 aromatic carbocycles. The number of benzene rings is 2. The van der Waals surface area contributed by atoms with Crippen LogP contribution in [0.15, 0.2) is 60.8 Å². The molecule has 0 radical (unpaired) electrons. The molecule has 4 heteroatoms. The van der Waals surface area contributed by atoms with Gasteiger partial charge in [0.15, 0.2) is 0 Å². The molecule has 0 aliphatic carbocycles. The molecule has 0 unspecified atom stereocenters. The van der Waals surface area contributed by atoms with Crippen LogP contribution in [-0.4, -0.2) is 24.3 Å². The largest absolute Gasteiger partial charge is 0.491 e. The van der Waals surface area contributed by atoms with Crippen LogP contribution in [0.5, 0.6) is 5.75 Å². The molecular formula is C23H25N3O. The van der Waals surface area contributed by atoms with Gasteiger partial charge in [0.1, 0.15) is 12.4 Å². The lowest BCUT2D eigenvalue weighted by molar-refractivity contribution is 0.283. The zero-order chi connectivity index (χ0) is 19.2. The first-order valence-electron chi connectivity index (χ1n) is 9.02. The van der Waals surface area contributed by atoms with Crippen LogP contribution in [0.25, 0.3) is 17.8 Å².